The van der Waals surface area contributed by atoms with Gasteiger partial charge in [0.15, 0.2) is 0 Å². The van der Waals surface area contributed by atoms with Gasteiger partial charge in [0.25, 0.3) is 5.91 Å². The van der Waals surface area contributed by atoms with Crippen LogP contribution >= 0.6 is 18.7 Å². The van der Waals surface area contributed by atoms with E-state index in [2.05, 4.69) is 10.3 Å². The van der Waals surface area contributed by atoms with Crippen LogP contribution in [-0.4, -0.2) is 15.8 Å². The molecule has 156 valence electrons. The number of hydrogen-bond acceptors (Lipinski definition) is 5. The Kier molecular flexibility index (Phi) is 6.00. The van der Waals surface area contributed by atoms with Gasteiger partial charge in [-0.3, -0.25) is 14.3 Å². The van der Waals surface area contributed by atoms with E-state index in [1.807, 2.05) is 29.0 Å². The molecule has 2 aromatic heterocycles. The zero-order chi connectivity index (χ0) is 21.8. The van der Waals surface area contributed by atoms with Crippen LogP contribution in [0.5, 0.6) is 0 Å². The Morgan fingerprint density at radius 1 is 1.06 bits per heavy atom. The van der Waals surface area contributed by atoms with Crippen molar-refractivity contribution in [2.75, 3.05) is 11.1 Å². The molecule has 0 bridgehead atoms. The number of nitrogens with one attached hydrogen (secondary N) is 1. The summed E-state index contributed by atoms with van der Waals surface area (Å²) in [5.74, 6) is -0.358. The Morgan fingerprint density at radius 3 is 2.55 bits per heavy atom. The van der Waals surface area contributed by atoms with Gasteiger partial charge >= 0.3 is 0 Å². The summed E-state index contributed by atoms with van der Waals surface area (Å²) in [7, 11) is -3.58. The molecule has 0 fully saturated rings. The lowest BCUT2D eigenvalue weighted by atomic mass is 10.1. The Hall–Kier alpha value is -3.25. The third kappa shape index (κ3) is 4.91. The molecule has 6 nitrogen and oxygen atoms in total. The first kappa shape index (κ1) is 21.0. The van der Waals surface area contributed by atoms with E-state index in [9.17, 15) is 14.3 Å². The molecule has 2 heterocycles. The molecule has 2 aromatic carbocycles. The fourth-order valence-corrected chi connectivity index (χ4v) is 5.20. The number of nitrogens with two attached hydrogens (primary N) is 1. The van der Waals surface area contributed by atoms with Crippen LogP contribution in [0, 0.1) is 0 Å². The Labute approximate surface area is 183 Å². The molecule has 0 saturated heterocycles. The first-order chi connectivity index (χ1) is 14.9. The van der Waals surface area contributed by atoms with Crippen LogP contribution in [0.4, 0.5) is 11.4 Å². The average Bonchev–Trinajstić information content (AvgIpc) is 3.31. The van der Waals surface area contributed by atoms with Gasteiger partial charge in [0.2, 0.25) is 7.37 Å². The number of benzene rings is 2. The molecular formula is C23H20N3O3PS. The monoisotopic (exact) mass is 449 g/mol. The van der Waals surface area contributed by atoms with Crippen LogP contribution in [0.1, 0.15) is 16.1 Å². The molecule has 1 atom stereocenters. The molecule has 4 aromatic rings. The van der Waals surface area contributed by atoms with Gasteiger partial charge in [-0.2, -0.15) is 11.3 Å². The highest BCUT2D eigenvalue weighted by molar-refractivity contribution is 7.65. The van der Waals surface area contributed by atoms with Gasteiger partial charge < -0.3 is 15.9 Å². The number of pyridine rings is 1. The maximum atomic E-state index is 12.7. The van der Waals surface area contributed by atoms with Gasteiger partial charge in [0.1, 0.15) is 0 Å². The van der Waals surface area contributed by atoms with E-state index in [0.717, 1.165) is 11.1 Å². The van der Waals surface area contributed by atoms with Crippen LogP contribution < -0.4 is 16.4 Å². The fourth-order valence-electron chi connectivity index (χ4n) is 3.09. The summed E-state index contributed by atoms with van der Waals surface area (Å²) in [6.07, 6.45) is 1.29. The Balaban J connectivity index is 1.48. The number of nitrogen functional groups attached to an aromatic ring is 1. The molecule has 1 amide bonds. The zero-order valence-corrected chi connectivity index (χ0v) is 18.1. The summed E-state index contributed by atoms with van der Waals surface area (Å²) in [5, 5.41) is 7.20. The SMILES string of the molecule is Nc1ccc(-c2ccsc2)cc1NC(=O)c1ccc(CP(=O)(O)c2ccccc2)nc1. The second-order valence-electron chi connectivity index (χ2n) is 7.00. The fraction of sp³-hybridized carbons (Fsp3) is 0.0435. The van der Waals surface area contributed by atoms with Crippen molar-refractivity contribution < 1.29 is 14.3 Å². The number of carbonyl (C=O) groups is 1. The lowest BCUT2D eigenvalue weighted by Crippen LogP contribution is -2.14. The lowest BCUT2D eigenvalue weighted by molar-refractivity contribution is 0.102. The number of carbonyl (C=O) groups excluding carboxylic acids is 1. The Morgan fingerprint density at radius 2 is 1.87 bits per heavy atom. The maximum Gasteiger partial charge on any atom is 0.257 e. The quantitative estimate of drug-likeness (QED) is 0.291. The minimum absolute atomic E-state index is 0.103. The molecular weight excluding hydrogens is 429 g/mol. The van der Waals surface area contributed by atoms with Gasteiger partial charge in [-0.05, 0) is 64.4 Å². The molecule has 0 radical (unpaired) electrons. The largest absolute Gasteiger partial charge is 0.397 e. The van der Waals surface area contributed by atoms with Crippen LogP contribution in [0.25, 0.3) is 11.1 Å². The van der Waals surface area contributed by atoms with E-state index in [-0.39, 0.29) is 12.1 Å². The van der Waals surface area contributed by atoms with Gasteiger partial charge in [0, 0.05) is 11.5 Å². The molecule has 4 N–H and O–H groups in total. The number of aromatic nitrogens is 1. The molecule has 4 rings (SSSR count). The van der Waals surface area contributed by atoms with Gasteiger partial charge in [0.05, 0.1) is 28.8 Å². The normalized spacial score (nSPS) is 12.8. The molecule has 0 saturated carbocycles. The third-order valence-electron chi connectivity index (χ3n) is 4.78. The van der Waals surface area contributed by atoms with E-state index >= 15 is 0 Å². The van der Waals surface area contributed by atoms with Crippen molar-refractivity contribution in [1.82, 2.24) is 4.98 Å². The summed E-state index contributed by atoms with van der Waals surface area (Å²) in [5.41, 5.74) is 9.78. The number of anilines is 2. The molecule has 0 aliphatic rings. The van der Waals surface area contributed by atoms with Crippen LogP contribution in [0.2, 0.25) is 0 Å². The second kappa shape index (κ2) is 8.86. The lowest BCUT2D eigenvalue weighted by Gasteiger charge is -2.12. The second-order valence-corrected chi connectivity index (χ2v) is 10.0. The van der Waals surface area contributed by atoms with Gasteiger partial charge in [-0.15, -0.1) is 0 Å². The highest BCUT2D eigenvalue weighted by Crippen LogP contribution is 2.42. The van der Waals surface area contributed by atoms with Crippen molar-refractivity contribution in [2.45, 2.75) is 6.16 Å². The number of amides is 1. The summed E-state index contributed by atoms with van der Waals surface area (Å²) < 4.78 is 12.6. The van der Waals surface area contributed by atoms with E-state index in [0.29, 0.717) is 27.9 Å². The molecule has 8 heteroatoms. The predicted molar refractivity (Wildman–Crippen MR) is 126 cm³/mol. The minimum Gasteiger partial charge on any atom is -0.397 e. The van der Waals surface area contributed by atoms with Crippen molar-refractivity contribution in [1.29, 1.82) is 0 Å². The summed E-state index contributed by atoms with van der Waals surface area (Å²) in [4.78, 5) is 27.3. The van der Waals surface area contributed by atoms with E-state index in [1.165, 1.54) is 6.20 Å². The highest BCUT2D eigenvalue weighted by Gasteiger charge is 2.22. The number of thiophene rings is 1. The Bertz CT molecular complexity index is 1240. The molecule has 1 unspecified atom stereocenters. The smallest absolute Gasteiger partial charge is 0.257 e. The van der Waals surface area contributed by atoms with Crippen molar-refractivity contribution in [3.8, 4) is 11.1 Å². The first-order valence-corrected chi connectivity index (χ1v) is 12.3. The number of hydrogen-bond donors (Lipinski definition) is 3. The number of rotatable bonds is 6. The van der Waals surface area contributed by atoms with Crippen LogP contribution in [-0.2, 0) is 10.7 Å². The third-order valence-corrected chi connectivity index (χ3v) is 7.32. The van der Waals surface area contributed by atoms with Crippen LogP contribution in [0.3, 0.4) is 0 Å². The van der Waals surface area contributed by atoms with E-state index < -0.39 is 7.37 Å². The highest BCUT2D eigenvalue weighted by atomic mass is 32.1. The topological polar surface area (TPSA) is 105 Å². The average molecular weight is 449 g/mol. The van der Waals surface area contributed by atoms with Gasteiger partial charge in [-0.25, -0.2) is 0 Å². The van der Waals surface area contributed by atoms with Crippen molar-refractivity contribution in [3.05, 3.63) is 94.9 Å². The standard InChI is InChI=1S/C23H20N3O3PS/c24-21-9-7-16(18-10-11-31-15-18)12-22(21)26-23(27)17-6-8-19(25-13-17)14-30(28,29)20-4-2-1-3-5-20/h1-13,15H,14,24H2,(H,26,27)(H,28,29). The summed E-state index contributed by atoms with van der Waals surface area (Å²) >= 11 is 1.59. The van der Waals surface area contributed by atoms with E-state index in [4.69, 9.17) is 5.73 Å². The maximum absolute atomic E-state index is 12.7. The molecule has 0 aliphatic carbocycles. The van der Waals surface area contributed by atoms with Crippen molar-refractivity contribution >= 4 is 41.3 Å². The van der Waals surface area contributed by atoms with Crippen LogP contribution in [0.15, 0.2) is 83.7 Å². The molecule has 31 heavy (non-hydrogen) atoms. The van der Waals surface area contributed by atoms with Crippen molar-refractivity contribution in [2.24, 2.45) is 0 Å². The summed E-state index contributed by atoms with van der Waals surface area (Å²) in [6.45, 7) is 0. The molecule has 0 spiro atoms. The first-order valence-electron chi connectivity index (χ1n) is 9.48. The summed E-state index contributed by atoms with van der Waals surface area (Å²) in [6, 6.07) is 19.1. The number of nitrogens with zero attached hydrogens (tertiary/aromatic N) is 1. The zero-order valence-electron chi connectivity index (χ0n) is 16.4. The van der Waals surface area contributed by atoms with E-state index in [1.54, 1.807) is 59.9 Å². The molecule has 0 aliphatic heterocycles. The predicted octanol–water partition coefficient (Wildman–Crippen LogP) is 4.74. The van der Waals surface area contributed by atoms with Gasteiger partial charge in [-0.1, -0.05) is 24.3 Å². The van der Waals surface area contributed by atoms with Crippen molar-refractivity contribution in [3.63, 3.8) is 0 Å². The minimum atomic E-state index is -3.58.